The molecule has 1 fully saturated rings. The van der Waals surface area contributed by atoms with Crippen LogP contribution in [0.5, 0.6) is 11.5 Å². The highest BCUT2D eigenvalue weighted by atomic mass is 79.9. The molecule has 2 unspecified atom stereocenters. The Morgan fingerprint density at radius 3 is 2.30 bits per heavy atom. The Kier molecular flexibility index (Phi) is 6.33. The molecule has 1 heterocycles. The van der Waals surface area contributed by atoms with Crippen LogP contribution < -0.4 is 14.4 Å². The van der Waals surface area contributed by atoms with E-state index >= 15 is 0 Å². The Balaban J connectivity index is 1.93. The van der Waals surface area contributed by atoms with Gasteiger partial charge >= 0.3 is 0 Å². The number of anilines is 1. The molecule has 0 bridgehead atoms. The molecule has 7 heteroatoms. The molecule has 0 saturated carbocycles. The lowest BCUT2D eigenvalue weighted by Gasteiger charge is -2.29. The number of carbonyl (C=O) groups excluding carboxylic acids is 3. The molecule has 3 aromatic rings. The van der Waals surface area contributed by atoms with E-state index < -0.39 is 29.4 Å². The second kappa shape index (κ2) is 9.19. The highest BCUT2D eigenvalue weighted by molar-refractivity contribution is 9.10. The molecule has 6 nitrogen and oxygen atoms in total. The number of hydrogen-bond donors (Lipinski definition) is 0. The van der Waals surface area contributed by atoms with E-state index in [0.717, 1.165) is 10.0 Å². The van der Waals surface area contributed by atoms with Gasteiger partial charge in [0, 0.05) is 27.4 Å². The van der Waals surface area contributed by atoms with E-state index in [2.05, 4.69) is 15.9 Å². The average Bonchev–Trinajstić information content (AvgIpc) is 3.10. The summed E-state index contributed by atoms with van der Waals surface area (Å²) in [5, 5.41) is 0. The van der Waals surface area contributed by atoms with Crippen LogP contribution >= 0.6 is 15.9 Å². The largest absolute Gasteiger partial charge is 0.497 e. The molecule has 2 atom stereocenters. The summed E-state index contributed by atoms with van der Waals surface area (Å²) in [5.74, 6) is -2.13. The maximum Gasteiger partial charge on any atom is 0.295 e. The number of nitrogens with zero attached hydrogens (tertiary/aromatic N) is 1. The van der Waals surface area contributed by atoms with E-state index in [9.17, 15) is 14.4 Å². The Morgan fingerprint density at radius 2 is 1.67 bits per heavy atom. The predicted molar refractivity (Wildman–Crippen MR) is 128 cm³/mol. The fourth-order valence-corrected chi connectivity index (χ4v) is 4.47. The van der Waals surface area contributed by atoms with Crippen molar-refractivity contribution in [3.05, 3.63) is 87.9 Å². The fraction of sp³-hybridized carbons (Fsp3) is 0.192. The van der Waals surface area contributed by atoms with Gasteiger partial charge in [-0.25, -0.2) is 0 Å². The van der Waals surface area contributed by atoms with E-state index in [1.807, 2.05) is 13.0 Å². The van der Waals surface area contributed by atoms with Gasteiger partial charge in [0.25, 0.3) is 5.91 Å². The second-order valence-corrected chi connectivity index (χ2v) is 8.59. The normalized spacial score (nSPS) is 17.9. The first-order chi connectivity index (χ1) is 15.9. The van der Waals surface area contributed by atoms with Gasteiger partial charge in [-0.05, 0) is 36.8 Å². The van der Waals surface area contributed by atoms with Crippen molar-refractivity contribution in [1.29, 1.82) is 0 Å². The van der Waals surface area contributed by atoms with Gasteiger partial charge in [0.15, 0.2) is 5.78 Å². The highest BCUT2D eigenvalue weighted by Gasteiger charge is 2.53. The molecule has 1 amide bonds. The smallest absolute Gasteiger partial charge is 0.295 e. The lowest BCUT2D eigenvalue weighted by Crippen LogP contribution is -2.31. The molecule has 0 spiro atoms. The zero-order chi connectivity index (χ0) is 23.7. The Bertz CT molecular complexity index is 1240. The van der Waals surface area contributed by atoms with Crippen molar-refractivity contribution >= 4 is 39.1 Å². The maximum atomic E-state index is 13.5. The number of benzene rings is 3. The fourth-order valence-electron chi connectivity index (χ4n) is 4.11. The van der Waals surface area contributed by atoms with Gasteiger partial charge in [-0.15, -0.1) is 0 Å². The number of aryl methyl sites for hydroxylation is 1. The molecule has 1 aliphatic rings. The molecular formula is C26H22BrNO5. The van der Waals surface area contributed by atoms with Crippen LogP contribution in [0.2, 0.25) is 0 Å². The van der Waals surface area contributed by atoms with Gasteiger partial charge in [0.05, 0.1) is 20.3 Å². The minimum atomic E-state index is -1.22. The van der Waals surface area contributed by atoms with Crippen LogP contribution in [0, 0.1) is 12.8 Å². The monoisotopic (exact) mass is 507 g/mol. The summed E-state index contributed by atoms with van der Waals surface area (Å²) in [5.41, 5.74) is 2.40. The summed E-state index contributed by atoms with van der Waals surface area (Å²) in [7, 11) is 3.03. The number of halogens is 1. The number of ether oxygens (including phenoxy) is 2. The van der Waals surface area contributed by atoms with Crippen molar-refractivity contribution in [3.63, 3.8) is 0 Å². The zero-order valence-electron chi connectivity index (χ0n) is 18.4. The van der Waals surface area contributed by atoms with Crippen LogP contribution in [0.25, 0.3) is 0 Å². The minimum absolute atomic E-state index is 0.369. The second-order valence-electron chi connectivity index (χ2n) is 7.73. The van der Waals surface area contributed by atoms with E-state index in [0.29, 0.717) is 28.3 Å². The number of Topliss-reactive ketones (excluding diaryl/α,β-unsaturated/α-hetero) is 2. The Morgan fingerprint density at radius 1 is 0.939 bits per heavy atom. The number of amides is 1. The molecule has 0 radical (unpaired) electrons. The summed E-state index contributed by atoms with van der Waals surface area (Å²) in [4.78, 5) is 41.5. The third kappa shape index (κ3) is 4.04. The van der Waals surface area contributed by atoms with E-state index in [1.54, 1.807) is 60.7 Å². The summed E-state index contributed by atoms with van der Waals surface area (Å²) in [6, 6.07) is 18.2. The summed E-state index contributed by atoms with van der Waals surface area (Å²) in [6.45, 7) is 1.93. The summed E-state index contributed by atoms with van der Waals surface area (Å²) >= 11 is 3.50. The van der Waals surface area contributed by atoms with E-state index in [4.69, 9.17) is 9.47 Å². The van der Waals surface area contributed by atoms with Crippen molar-refractivity contribution in [2.75, 3.05) is 19.1 Å². The van der Waals surface area contributed by atoms with Crippen LogP contribution in [-0.2, 0) is 9.59 Å². The third-order valence-corrected chi connectivity index (χ3v) is 6.69. The molecule has 168 valence electrons. The van der Waals surface area contributed by atoms with Crippen molar-refractivity contribution in [3.8, 4) is 11.5 Å². The molecule has 4 rings (SSSR count). The van der Waals surface area contributed by atoms with Crippen molar-refractivity contribution < 1.29 is 23.9 Å². The highest BCUT2D eigenvalue weighted by Crippen LogP contribution is 2.45. The predicted octanol–water partition coefficient (Wildman–Crippen LogP) is 4.93. The van der Waals surface area contributed by atoms with Gasteiger partial charge in [-0.1, -0.05) is 52.3 Å². The van der Waals surface area contributed by atoms with Gasteiger partial charge in [0.2, 0.25) is 5.78 Å². The molecule has 0 aromatic heterocycles. The molecular weight excluding hydrogens is 486 g/mol. The van der Waals surface area contributed by atoms with Crippen LogP contribution in [0.1, 0.15) is 27.5 Å². The number of ketones is 2. The van der Waals surface area contributed by atoms with E-state index in [1.165, 1.54) is 19.1 Å². The Hall–Kier alpha value is -3.45. The third-order valence-electron chi connectivity index (χ3n) is 5.84. The minimum Gasteiger partial charge on any atom is -0.497 e. The standard InChI is InChI=1S/C26H22BrNO5/c1-15-9-10-17(13-20(15)27)28-23(19-12-11-18(32-2)14-21(19)33-3)22(25(30)26(28)31)24(29)16-7-5-4-6-8-16/h4-14,22-23H,1-3H3. The lowest BCUT2D eigenvalue weighted by atomic mass is 9.85. The molecule has 0 N–H and O–H groups in total. The van der Waals surface area contributed by atoms with Gasteiger partial charge < -0.3 is 9.47 Å². The molecule has 1 aliphatic heterocycles. The van der Waals surface area contributed by atoms with E-state index in [-0.39, 0.29) is 0 Å². The van der Waals surface area contributed by atoms with Gasteiger partial charge in [-0.3, -0.25) is 19.3 Å². The maximum absolute atomic E-state index is 13.5. The van der Waals surface area contributed by atoms with Crippen molar-refractivity contribution in [2.24, 2.45) is 5.92 Å². The zero-order valence-corrected chi connectivity index (χ0v) is 20.0. The SMILES string of the molecule is COc1ccc(C2C(C(=O)c3ccccc3)C(=O)C(=O)N2c2ccc(C)c(Br)c2)c(OC)c1. The van der Waals surface area contributed by atoms with Crippen molar-refractivity contribution in [1.82, 2.24) is 0 Å². The molecule has 1 saturated heterocycles. The number of methoxy groups -OCH3 is 2. The van der Waals surface area contributed by atoms with Gasteiger partial charge in [-0.2, -0.15) is 0 Å². The average molecular weight is 508 g/mol. The van der Waals surface area contributed by atoms with Gasteiger partial charge in [0.1, 0.15) is 17.4 Å². The number of rotatable bonds is 6. The Labute approximate surface area is 200 Å². The van der Waals surface area contributed by atoms with Crippen LogP contribution in [0.3, 0.4) is 0 Å². The van der Waals surface area contributed by atoms with Crippen LogP contribution in [0.4, 0.5) is 5.69 Å². The first kappa shape index (κ1) is 22.7. The molecule has 0 aliphatic carbocycles. The molecule has 33 heavy (non-hydrogen) atoms. The summed E-state index contributed by atoms with van der Waals surface area (Å²) < 4.78 is 11.7. The topological polar surface area (TPSA) is 72.9 Å². The van der Waals surface area contributed by atoms with Crippen molar-refractivity contribution in [2.45, 2.75) is 13.0 Å². The lowest BCUT2D eigenvalue weighted by molar-refractivity contribution is -0.135. The molecule has 3 aromatic carbocycles. The first-order valence-electron chi connectivity index (χ1n) is 10.3. The number of hydrogen-bond acceptors (Lipinski definition) is 5. The number of carbonyl (C=O) groups is 3. The quantitative estimate of drug-likeness (QED) is 0.268. The van der Waals surface area contributed by atoms with Crippen LogP contribution in [-0.4, -0.2) is 31.7 Å². The van der Waals surface area contributed by atoms with Crippen LogP contribution in [0.15, 0.2) is 71.2 Å². The first-order valence-corrected chi connectivity index (χ1v) is 11.1. The summed E-state index contributed by atoms with van der Waals surface area (Å²) in [6.07, 6.45) is 0.